The van der Waals surface area contributed by atoms with Crippen molar-refractivity contribution in [1.82, 2.24) is 14.9 Å². The van der Waals surface area contributed by atoms with Gasteiger partial charge in [0.05, 0.1) is 11.0 Å². The van der Waals surface area contributed by atoms with Crippen LogP contribution in [0.3, 0.4) is 0 Å². The molecule has 0 radical (unpaired) electrons. The summed E-state index contributed by atoms with van der Waals surface area (Å²) < 4.78 is 27.7. The van der Waals surface area contributed by atoms with Gasteiger partial charge >= 0.3 is 0 Å². The highest BCUT2D eigenvalue weighted by Gasteiger charge is 2.39. The molecule has 2 N–H and O–H groups in total. The first-order valence-corrected chi connectivity index (χ1v) is 14.0. The number of fused-ring (bicyclic) bond motifs is 1. The maximum absolute atomic E-state index is 13.6. The third-order valence-electron chi connectivity index (χ3n) is 7.36. The Morgan fingerprint density at radius 1 is 1.26 bits per heavy atom. The van der Waals surface area contributed by atoms with Gasteiger partial charge in [-0.2, -0.15) is 5.26 Å². The van der Waals surface area contributed by atoms with Crippen molar-refractivity contribution in [3.05, 3.63) is 29.8 Å². The van der Waals surface area contributed by atoms with E-state index < -0.39 is 21.6 Å². The number of aliphatic imine (C=N–C) groups is 1. The summed E-state index contributed by atoms with van der Waals surface area (Å²) in [5, 5.41) is 13.0. The zero-order valence-electron chi connectivity index (χ0n) is 19.9. The molecule has 1 aliphatic carbocycles. The van der Waals surface area contributed by atoms with E-state index in [1.165, 1.54) is 6.42 Å². The summed E-state index contributed by atoms with van der Waals surface area (Å²) in [6, 6.07) is 8.33. The van der Waals surface area contributed by atoms with Crippen LogP contribution in [0.1, 0.15) is 70.3 Å². The Balaban J connectivity index is 1.57. The molecule has 1 atom stereocenters. The van der Waals surface area contributed by atoms with Crippen LogP contribution < -0.4 is 10.0 Å². The molecule has 0 spiro atoms. The quantitative estimate of drug-likeness (QED) is 0.616. The molecule has 2 heterocycles. The van der Waals surface area contributed by atoms with Crippen LogP contribution in [-0.4, -0.2) is 56.3 Å². The fraction of sp³-hybridized carbons (Fsp3) is 0.640. The van der Waals surface area contributed by atoms with E-state index in [0.717, 1.165) is 51.7 Å². The normalized spacial score (nSPS) is 24.1. The second kappa shape index (κ2) is 10.4. The Kier molecular flexibility index (Phi) is 7.58. The number of nitrogens with zero attached hydrogens (tertiary/aromatic N) is 3. The number of hydrogen-bond donors (Lipinski definition) is 2. The highest BCUT2D eigenvalue weighted by Crippen LogP contribution is 2.30. The smallest absolute Gasteiger partial charge is 0.263 e. The van der Waals surface area contributed by atoms with E-state index >= 15 is 0 Å². The van der Waals surface area contributed by atoms with Gasteiger partial charge < -0.3 is 10.2 Å². The lowest BCUT2D eigenvalue weighted by atomic mass is 9.84. The Hall–Kier alpha value is -2.44. The lowest BCUT2D eigenvalue weighted by Gasteiger charge is -2.38. The Morgan fingerprint density at radius 3 is 2.65 bits per heavy atom. The van der Waals surface area contributed by atoms with E-state index in [0.29, 0.717) is 30.7 Å². The van der Waals surface area contributed by atoms with E-state index in [1.807, 2.05) is 0 Å². The van der Waals surface area contributed by atoms with Crippen molar-refractivity contribution in [2.75, 3.05) is 19.6 Å². The van der Waals surface area contributed by atoms with Crippen molar-refractivity contribution in [2.45, 2.75) is 81.2 Å². The number of amides is 1. The molecular weight excluding hydrogens is 450 g/mol. The molecule has 9 heteroatoms. The highest BCUT2D eigenvalue weighted by molar-refractivity contribution is 7.90. The Bertz CT molecular complexity index is 1060. The van der Waals surface area contributed by atoms with Crippen LogP contribution in [0.2, 0.25) is 0 Å². The minimum absolute atomic E-state index is 0.183. The monoisotopic (exact) mass is 485 g/mol. The number of nitrogens with one attached hydrogen (secondary N) is 2. The van der Waals surface area contributed by atoms with Crippen LogP contribution in [0, 0.1) is 17.2 Å². The molecule has 34 heavy (non-hydrogen) atoms. The van der Waals surface area contributed by atoms with E-state index in [2.05, 4.69) is 32.9 Å². The number of likely N-dealkylation sites (tertiary alicyclic amines) is 1. The molecule has 8 nitrogen and oxygen atoms in total. The molecule has 1 aromatic rings. The summed E-state index contributed by atoms with van der Waals surface area (Å²) in [6.07, 6.45) is 8.36. The first kappa shape index (κ1) is 24.7. The average Bonchev–Trinajstić information content (AvgIpc) is 3.10. The van der Waals surface area contributed by atoms with Crippen LogP contribution in [0.25, 0.3) is 0 Å². The Morgan fingerprint density at radius 2 is 1.97 bits per heavy atom. The lowest BCUT2D eigenvalue weighted by molar-refractivity contribution is -0.124. The predicted molar refractivity (Wildman–Crippen MR) is 131 cm³/mol. The molecule has 3 aliphatic rings. The van der Waals surface area contributed by atoms with E-state index in [-0.39, 0.29) is 16.6 Å². The van der Waals surface area contributed by atoms with Gasteiger partial charge in [0.25, 0.3) is 10.0 Å². The molecule has 0 unspecified atom stereocenters. The van der Waals surface area contributed by atoms with Crippen molar-refractivity contribution in [3.8, 4) is 6.07 Å². The number of nitriles is 1. The third-order valence-corrected chi connectivity index (χ3v) is 8.75. The van der Waals surface area contributed by atoms with Crippen LogP contribution >= 0.6 is 0 Å². The molecule has 184 valence electrons. The molecular formula is C25H35N5O3S. The summed E-state index contributed by atoms with van der Waals surface area (Å²) in [5.74, 6) is 0.300. The summed E-state index contributed by atoms with van der Waals surface area (Å²) in [7, 11) is -3.69. The number of hydrogen-bond acceptors (Lipinski definition) is 6. The standard InChI is InChI=1S/C25H35N5O3S/c1-2-14-30-15-12-25(18-26,13-16-30)28-24(31)21(17-19-8-4-3-5-9-19)27-23-20-10-6-7-11-22(20)34(32,33)29-23/h6-7,10-11,19,21H,2-5,8-9,12-17H2,1H3,(H,27,29)(H,28,31)/t21-/m0/s1. The molecule has 0 bridgehead atoms. The van der Waals surface area contributed by atoms with E-state index in [4.69, 9.17) is 0 Å². The van der Waals surface area contributed by atoms with Gasteiger partial charge in [0.2, 0.25) is 5.91 Å². The van der Waals surface area contributed by atoms with Crippen LogP contribution in [-0.2, 0) is 14.8 Å². The largest absolute Gasteiger partial charge is 0.336 e. The minimum atomic E-state index is -3.69. The summed E-state index contributed by atoms with van der Waals surface area (Å²) in [6.45, 7) is 4.68. The van der Waals surface area contributed by atoms with Gasteiger partial charge in [0.15, 0.2) is 0 Å². The molecule has 1 amide bonds. The second-order valence-corrected chi connectivity index (χ2v) is 11.5. The SMILES string of the molecule is CCCN1CCC(C#N)(NC(=O)[C@H](CC2CCCCC2)N=C2NS(=O)(=O)c3ccccc32)CC1. The van der Waals surface area contributed by atoms with Crippen molar-refractivity contribution in [2.24, 2.45) is 10.9 Å². The van der Waals surface area contributed by atoms with Crippen molar-refractivity contribution >= 4 is 21.8 Å². The molecule has 1 saturated heterocycles. The predicted octanol–water partition coefficient (Wildman–Crippen LogP) is 2.95. The molecule has 2 fully saturated rings. The van der Waals surface area contributed by atoms with E-state index in [1.54, 1.807) is 24.3 Å². The van der Waals surface area contributed by atoms with Gasteiger partial charge in [0.1, 0.15) is 17.4 Å². The number of sulfonamides is 1. The van der Waals surface area contributed by atoms with Gasteiger partial charge in [-0.25, -0.2) is 8.42 Å². The first-order valence-electron chi connectivity index (χ1n) is 12.5. The molecule has 2 aliphatic heterocycles. The lowest BCUT2D eigenvalue weighted by Crippen LogP contribution is -2.56. The number of piperidine rings is 1. The molecule has 1 aromatic carbocycles. The maximum atomic E-state index is 13.6. The van der Waals surface area contributed by atoms with Crippen LogP contribution in [0.4, 0.5) is 0 Å². The van der Waals surface area contributed by atoms with E-state index in [9.17, 15) is 18.5 Å². The summed E-state index contributed by atoms with van der Waals surface area (Å²) in [5.41, 5.74) is -0.411. The van der Waals surface area contributed by atoms with Gasteiger partial charge in [-0.05, 0) is 50.3 Å². The van der Waals surface area contributed by atoms with Crippen molar-refractivity contribution < 1.29 is 13.2 Å². The van der Waals surface area contributed by atoms with Gasteiger partial charge in [0, 0.05) is 18.7 Å². The fourth-order valence-corrected chi connectivity index (χ4v) is 6.64. The summed E-state index contributed by atoms with van der Waals surface area (Å²) in [4.78, 5) is 20.7. The Labute approximate surface area is 202 Å². The fourth-order valence-electron chi connectivity index (χ4n) is 5.40. The first-order chi connectivity index (χ1) is 16.4. The third kappa shape index (κ3) is 5.44. The van der Waals surface area contributed by atoms with Gasteiger partial charge in [-0.1, -0.05) is 51.2 Å². The second-order valence-electron chi connectivity index (χ2n) is 9.86. The number of rotatable bonds is 7. The number of carbonyl (C=O) groups excluding carboxylic acids is 1. The zero-order valence-corrected chi connectivity index (χ0v) is 20.7. The minimum Gasteiger partial charge on any atom is -0.336 e. The van der Waals surface area contributed by atoms with Crippen molar-refractivity contribution in [1.29, 1.82) is 5.26 Å². The van der Waals surface area contributed by atoms with Crippen LogP contribution in [0.15, 0.2) is 34.2 Å². The van der Waals surface area contributed by atoms with Gasteiger partial charge in [-0.3, -0.25) is 14.5 Å². The number of carbonyl (C=O) groups is 1. The topological polar surface area (TPSA) is 115 Å². The van der Waals surface area contributed by atoms with Crippen molar-refractivity contribution in [3.63, 3.8) is 0 Å². The molecule has 4 rings (SSSR count). The number of benzene rings is 1. The molecule has 0 aromatic heterocycles. The van der Waals surface area contributed by atoms with Gasteiger partial charge in [-0.15, -0.1) is 0 Å². The number of amidine groups is 1. The highest BCUT2D eigenvalue weighted by atomic mass is 32.2. The average molecular weight is 486 g/mol. The maximum Gasteiger partial charge on any atom is 0.263 e. The van der Waals surface area contributed by atoms with Crippen LogP contribution in [0.5, 0.6) is 0 Å². The molecule has 1 saturated carbocycles. The summed E-state index contributed by atoms with van der Waals surface area (Å²) >= 11 is 0. The zero-order chi connectivity index (χ0) is 24.2.